The van der Waals surface area contributed by atoms with E-state index in [2.05, 4.69) is 15.3 Å². The van der Waals surface area contributed by atoms with Gasteiger partial charge in [0.1, 0.15) is 6.61 Å². The van der Waals surface area contributed by atoms with Crippen LogP contribution in [0.4, 0.5) is 11.5 Å². The maximum atomic E-state index is 10.8. The maximum absolute atomic E-state index is 10.8. The largest absolute Gasteiger partial charge is 0.377 e. The molecule has 1 rings (SSSR count). The first-order valence-electron chi connectivity index (χ1n) is 4.53. The van der Waals surface area contributed by atoms with Gasteiger partial charge in [0.05, 0.1) is 4.92 Å². The van der Waals surface area contributed by atoms with Crippen molar-refractivity contribution in [1.82, 2.24) is 9.97 Å². The number of hydrogen-bond acceptors (Lipinski definition) is 6. The summed E-state index contributed by atoms with van der Waals surface area (Å²) in [6.07, 6.45) is 0. The summed E-state index contributed by atoms with van der Waals surface area (Å²) in [4.78, 5) is 17.9. The lowest BCUT2D eigenvalue weighted by atomic mass is 10.4. The van der Waals surface area contributed by atoms with Gasteiger partial charge in [0, 0.05) is 13.7 Å². The van der Waals surface area contributed by atoms with Crippen LogP contribution >= 0.6 is 11.6 Å². The van der Waals surface area contributed by atoms with Crippen LogP contribution in [-0.2, 0) is 11.3 Å². The molecule has 0 unspecified atom stereocenters. The van der Waals surface area contributed by atoms with Gasteiger partial charge >= 0.3 is 5.69 Å². The highest BCUT2D eigenvalue weighted by Gasteiger charge is 2.22. The van der Waals surface area contributed by atoms with E-state index in [1.54, 1.807) is 6.92 Å². The van der Waals surface area contributed by atoms with E-state index in [-0.39, 0.29) is 23.3 Å². The normalized spacial score (nSPS) is 10.2. The summed E-state index contributed by atoms with van der Waals surface area (Å²) >= 11 is 5.71. The SMILES string of the molecule is CCNc1nc(COC)nc(Cl)c1[N+](=O)[O-]. The van der Waals surface area contributed by atoms with Crippen LogP contribution in [0.2, 0.25) is 5.15 Å². The highest BCUT2D eigenvalue weighted by Crippen LogP contribution is 2.29. The maximum Gasteiger partial charge on any atom is 0.348 e. The number of ether oxygens (including phenoxy) is 1. The lowest BCUT2D eigenvalue weighted by molar-refractivity contribution is -0.384. The fourth-order valence-corrected chi connectivity index (χ4v) is 1.37. The van der Waals surface area contributed by atoms with E-state index in [9.17, 15) is 10.1 Å². The van der Waals surface area contributed by atoms with Crippen molar-refractivity contribution < 1.29 is 9.66 Å². The van der Waals surface area contributed by atoms with Gasteiger partial charge in [-0.1, -0.05) is 11.6 Å². The van der Waals surface area contributed by atoms with Gasteiger partial charge in [-0.15, -0.1) is 0 Å². The number of nitrogens with one attached hydrogen (secondary N) is 1. The van der Waals surface area contributed by atoms with Crippen molar-refractivity contribution in [3.63, 3.8) is 0 Å². The van der Waals surface area contributed by atoms with Crippen LogP contribution < -0.4 is 5.32 Å². The minimum Gasteiger partial charge on any atom is -0.377 e. The van der Waals surface area contributed by atoms with Crippen molar-refractivity contribution in [1.29, 1.82) is 0 Å². The van der Waals surface area contributed by atoms with E-state index >= 15 is 0 Å². The number of methoxy groups -OCH3 is 1. The van der Waals surface area contributed by atoms with Crippen LogP contribution in [0.25, 0.3) is 0 Å². The molecule has 0 bridgehead atoms. The predicted molar refractivity (Wildman–Crippen MR) is 58.6 cm³/mol. The minimum atomic E-state index is -0.614. The molecule has 0 atom stereocenters. The summed E-state index contributed by atoms with van der Waals surface area (Å²) < 4.78 is 4.84. The van der Waals surface area contributed by atoms with Crippen LogP contribution in [0.5, 0.6) is 0 Å². The fourth-order valence-electron chi connectivity index (χ4n) is 1.12. The molecule has 0 radical (unpaired) electrons. The Kier molecular flexibility index (Phi) is 4.39. The Morgan fingerprint density at radius 1 is 1.56 bits per heavy atom. The molecule has 7 nitrogen and oxygen atoms in total. The number of nitrogens with zero attached hydrogens (tertiary/aromatic N) is 3. The summed E-state index contributed by atoms with van der Waals surface area (Å²) in [6.45, 7) is 2.45. The van der Waals surface area contributed by atoms with Gasteiger partial charge in [0.2, 0.25) is 11.0 Å². The Balaban J connectivity index is 3.21. The Morgan fingerprint density at radius 3 is 2.75 bits per heavy atom. The monoisotopic (exact) mass is 246 g/mol. The highest BCUT2D eigenvalue weighted by molar-refractivity contribution is 6.31. The zero-order valence-electron chi connectivity index (χ0n) is 8.86. The molecule has 16 heavy (non-hydrogen) atoms. The smallest absolute Gasteiger partial charge is 0.348 e. The van der Waals surface area contributed by atoms with Crippen molar-refractivity contribution in [2.45, 2.75) is 13.5 Å². The lowest BCUT2D eigenvalue weighted by Crippen LogP contribution is -2.08. The number of anilines is 1. The Morgan fingerprint density at radius 2 is 2.25 bits per heavy atom. The second-order valence-electron chi connectivity index (χ2n) is 2.85. The van der Waals surface area contributed by atoms with E-state index in [1.165, 1.54) is 7.11 Å². The van der Waals surface area contributed by atoms with E-state index in [1.807, 2.05) is 0 Å². The molecule has 1 aromatic heterocycles. The van der Waals surface area contributed by atoms with Crippen molar-refractivity contribution >= 4 is 23.1 Å². The van der Waals surface area contributed by atoms with E-state index in [0.29, 0.717) is 12.4 Å². The topological polar surface area (TPSA) is 90.2 Å². The van der Waals surface area contributed by atoms with Crippen molar-refractivity contribution in [2.24, 2.45) is 0 Å². The molecule has 0 fully saturated rings. The molecule has 0 saturated carbocycles. The summed E-state index contributed by atoms with van der Waals surface area (Å²) in [5, 5.41) is 13.3. The van der Waals surface area contributed by atoms with Gasteiger partial charge in [0.15, 0.2) is 5.82 Å². The summed E-state index contributed by atoms with van der Waals surface area (Å²) in [6, 6.07) is 0. The minimum absolute atomic E-state index is 0.111. The van der Waals surface area contributed by atoms with E-state index in [0.717, 1.165) is 0 Å². The van der Waals surface area contributed by atoms with E-state index < -0.39 is 4.92 Å². The van der Waals surface area contributed by atoms with Crippen LogP contribution in [0, 0.1) is 10.1 Å². The molecule has 0 aliphatic rings. The lowest BCUT2D eigenvalue weighted by Gasteiger charge is -2.06. The van der Waals surface area contributed by atoms with E-state index in [4.69, 9.17) is 16.3 Å². The van der Waals surface area contributed by atoms with Gasteiger partial charge in [0.25, 0.3) is 0 Å². The molecule has 0 amide bonds. The first-order chi connectivity index (χ1) is 7.60. The van der Waals surface area contributed by atoms with Crippen LogP contribution in [0.15, 0.2) is 0 Å². The average Bonchev–Trinajstić information content (AvgIpc) is 2.17. The van der Waals surface area contributed by atoms with Crippen LogP contribution in [0.1, 0.15) is 12.7 Å². The zero-order chi connectivity index (χ0) is 12.1. The molecular formula is C8H11ClN4O3. The van der Waals surface area contributed by atoms with Gasteiger partial charge < -0.3 is 10.1 Å². The van der Waals surface area contributed by atoms with Gasteiger partial charge in [-0.2, -0.15) is 0 Å². The number of nitro groups is 1. The Bertz CT molecular complexity index is 399. The fraction of sp³-hybridized carbons (Fsp3) is 0.500. The number of hydrogen-bond donors (Lipinski definition) is 1. The average molecular weight is 247 g/mol. The first-order valence-corrected chi connectivity index (χ1v) is 4.91. The van der Waals surface area contributed by atoms with Crippen molar-refractivity contribution in [3.05, 3.63) is 21.1 Å². The van der Waals surface area contributed by atoms with Crippen molar-refractivity contribution in [3.8, 4) is 0 Å². The van der Waals surface area contributed by atoms with Crippen LogP contribution in [0.3, 0.4) is 0 Å². The molecule has 88 valence electrons. The molecule has 0 aliphatic heterocycles. The standard InChI is InChI=1S/C8H11ClN4O3/c1-3-10-8-6(13(14)15)7(9)11-5(12-8)4-16-2/h3-4H2,1-2H3,(H,10,11,12). The summed E-state index contributed by atoms with van der Waals surface area (Å²) in [7, 11) is 1.48. The van der Waals surface area contributed by atoms with Gasteiger partial charge in [-0.05, 0) is 6.92 Å². The zero-order valence-corrected chi connectivity index (χ0v) is 9.61. The molecule has 0 aromatic carbocycles. The molecule has 1 aromatic rings. The number of rotatable bonds is 5. The third-order valence-corrected chi connectivity index (χ3v) is 1.95. The molecule has 1 N–H and O–H groups in total. The molecular weight excluding hydrogens is 236 g/mol. The Labute approximate surface area is 97.0 Å². The highest BCUT2D eigenvalue weighted by atomic mass is 35.5. The third kappa shape index (κ3) is 2.77. The molecule has 8 heteroatoms. The summed E-state index contributed by atoms with van der Waals surface area (Å²) in [5.41, 5.74) is -0.316. The molecule has 1 heterocycles. The molecule has 0 spiro atoms. The second kappa shape index (κ2) is 5.57. The molecule has 0 aliphatic carbocycles. The second-order valence-corrected chi connectivity index (χ2v) is 3.21. The van der Waals surface area contributed by atoms with Gasteiger partial charge in [-0.3, -0.25) is 10.1 Å². The summed E-state index contributed by atoms with van der Waals surface area (Å²) in [5.74, 6) is 0.411. The molecule has 0 saturated heterocycles. The van der Waals surface area contributed by atoms with Crippen molar-refractivity contribution in [2.75, 3.05) is 19.0 Å². The number of halogens is 1. The first kappa shape index (κ1) is 12.6. The third-order valence-electron chi connectivity index (χ3n) is 1.69. The van der Waals surface area contributed by atoms with Crippen LogP contribution in [-0.4, -0.2) is 28.5 Å². The Hall–Kier alpha value is -1.47. The predicted octanol–water partition coefficient (Wildman–Crippen LogP) is 1.62. The quantitative estimate of drug-likeness (QED) is 0.482. The van der Waals surface area contributed by atoms with Gasteiger partial charge in [-0.25, -0.2) is 9.97 Å². The number of aromatic nitrogens is 2.